The minimum Gasteiger partial charge on any atom is -0.332 e. The number of aromatic nitrogens is 2. The molecular formula is C12H21N3. The van der Waals surface area contributed by atoms with E-state index in [1.807, 2.05) is 0 Å². The zero-order chi connectivity index (χ0) is 10.7. The topological polar surface area (TPSA) is 29.9 Å². The molecule has 1 aliphatic rings. The van der Waals surface area contributed by atoms with Crippen LogP contribution in [0.25, 0.3) is 0 Å². The lowest BCUT2D eigenvalue weighted by Gasteiger charge is -2.15. The van der Waals surface area contributed by atoms with Crippen molar-refractivity contribution in [2.24, 2.45) is 0 Å². The summed E-state index contributed by atoms with van der Waals surface area (Å²) < 4.78 is 2.46. The van der Waals surface area contributed by atoms with Crippen molar-refractivity contribution in [3.63, 3.8) is 0 Å². The smallest absolute Gasteiger partial charge is 0.108 e. The zero-order valence-electron chi connectivity index (χ0n) is 9.84. The molecule has 3 nitrogen and oxygen atoms in total. The molecular weight excluding hydrogens is 186 g/mol. The van der Waals surface area contributed by atoms with Gasteiger partial charge in [0, 0.05) is 38.2 Å². The van der Waals surface area contributed by atoms with Crippen molar-refractivity contribution in [1.82, 2.24) is 14.9 Å². The summed E-state index contributed by atoms with van der Waals surface area (Å²) in [6.07, 6.45) is 4.72. The number of aryl methyl sites for hydroxylation is 1. The summed E-state index contributed by atoms with van der Waals surface area (Å²) in [5, 5.41) is 3.39. The molecule has 0 unspecified atom stereocenters. The molecule has 15 heavy (non-hydrogen) atoms. The summed E-state index contributed by atoms with van der Waals surface area (Å²) in [5.41, 5.74) is 2.77. The van der Waals surface area contributed by atoms with Crippen LogP contribution in [0.3, 0.4) is 0 Å². The van der Waals surface area contributed by atoms with Gasteiger partial charge in [0.25, 0.3) is 0 Å². The van der Waals surface area contributed by atoms with Crippen LogP contribution in [0, 0.1) is 0 Å². The van der Waals surface area contributed by atoms with E-state index in [0.717, 1.165) is 32.5 Å². The van der Waals surface area contributed by atoms with Crippen molar-refractivity contribution in [2.45, 2.75) is 52.6 Å². The van der Waals surface area contributed by atoms with Gasteiger partial charge in [-0.2, -0.15) is 0 Å². The molecule has 1 N–H and O–H groups in total. The maximum atomic E-state index is 4.72. The van der Waals surface area contributed by atoms with Crippen LogP contribution in [0.2, 0.25) is 0 Å². The van der Waals surface area contributed by atoms with Gasteiger partial charge in [-0.15, -0.1) is 0 Å². The van der Waals surface area contributed by atoms with Crippen molar-refractivity contribution in [1.29, 1.82) is 0 Å². The first-order chi connectivity index (χ1) is 7.36. The maximum Gasteiger partial charge on any atom is 0.108 e. The number of unbranched alkanes of at least 4 members (excludes halogenated alkanes) is 1. The Morgan fingerprint density at radius 3 is 3.00 bits per heavy atom. The lowest BCUT2D eigenvalue weighted by atomic mass is 10.2. The Hall–Kier alpha value is -0.830. The Bertz CT molecular complexity index is 328. The highest BCUT2D eigenvalue weighted by molar-refractivity contribution is 5.20. The van der Waals surface area contributed by atoms with Crippen LogP contribution in [-0.2, 0) is 25.9 Å². The van der Waals surface area contributed by atoms with E-state index in [9.17, 15) is 0 Å². The van der Waals surface area contributed by atoms with Gasteiger partial charge in [-0.05, 0) is 6.42 Å². The molecule has 0 saturated heterocycles. The number of hydrogen-bond donors (Lipinski definition) is 1. The van der Waals surface area contributed by atoms with Crippen LogP contribution in [0.15, 0.2) is 0 Å². The first-order valence-corrected chi connectivity index (χ1v) is 6.14. The monoisotopic (exact) mass is 207 g/mol. The molecule has 0 saturated carbocycles. The second-order valence-corrected chi connectivity index (χ2v) is 4.21. The average Bonchev–Trinajstić information content (AvgIpc) is 2.64. The van der Waals surface area contributed by atoms with E-state index in [4.69, 9.17) is 4.98 Å². The second kappa shape index (κ2) is 4.79. The van der Waals surface area contributed by atoms with Crippen LogP contribution in [0.4, 0.5) is 0 Å². The lowest BCUT2D eigenvalue weighted by molar-refractivity contribution is 0.556. The predicted octanol–water partition coefficient (Wildman–Crippen LogP) is 1.89. The molecule has 1 aromatic heterocycles. The molecule has 0 aliphatic carbocycles. The Kier molecular flexibility index (Phi) is 3.41. The number of fused-ring (bicyclic) bond motifs is 1. The Morgan fingerprint density at radius 2 is 2.27 bits per heavy atom. The number of imidazole rings is 1. The van der Waals surface area contributed by atoms with Gasteiger partial charge in [-0.1, -0.05) is 20.3 Å². The highest BCUT2D eigenvalue weighted by Crippen LogP contribution is 2.17. The van der Waals surface area contributed by atoms with Crippen LogP contribution in [0.5, 0.6) is 0 Å². The Labute approximate surface area is 91.9 Å². The third-order valence-electron chi connectivity index (χ3n) is 3.12. The van der Waals surface area contributed by atoms with E-state index in [-0.39, 0.29) is 0 Å². The van der Waals surface area contributed by atoms with E-state index >= 15 is 0 Å². The highest BCUT2D eigenvalue weighted by atomic mass is 15.1. The molecule has 0 atom stereocenters. The fraction of sp³-hybridized carbons (Fsp3) is 0.750. The fourth-order valence-electron chi connectivity index (χ4n) is 2.28. The quantitative estimate of drug-likeness (QED) is 0.817. The molecule has 1 aromatic rings. The summed E-state index contributed by atoms with van der Waals surface area (Å²) in [6.45, 7) is 7.66. The van der Waals surface area contributed by atoms with Gasteiger partial charge in [0.1, 0.15) is 5.82 Å². The summed E-state index contributed by atoms with van der Waals surface area (Å²) in [6, 6.07) is 0. The molecule has 1 aliphatic heterocycles. The van der Waals surface area contributed by atoms with Crippen LogP contribution >= 0.6 is 0 Å². The molecule has 3 heteroatoms. The van der Waals surface area contributed by atoms with Crippen molar-refractivity contribution in [2.75, 3.05) is 6.54 Å². The molecule has 2 heterocycles. The van der Waals surface area contributed by atoms with E-state index in [0.29, 0.717) is 0 Å². The molecule has 0 fully saturated rings. The minimum atomic E-state index is 0.960. The van der Waals surface area contributed by atoms with Crippen LogP contribution in [0.1, 0.15) is 43.9 Å². The van der Waals surface area contributed by atoms with E-state index in [2.05, 4.69) is 23.7 Å². The number of nitrogens with zero attached hydrogens (tertiary/aromatic N) is 2. The minimum absolute atomic E-state index is 0.960. The number of nitrogens with one attached hydrogen (secondary N) is 1. The van der Waals surface area contributed by atoms with Gasteiger partial charge in [0.2, 0.25) is 0 Å². The number of hydrogen-bond acceptors (Lipinski definition) is 2. The van der Waals surface area contributed by atoms with Crippen molar-refractivity contribution < 1.29 is 0 Å². The fourth-order valence-corrected chi connectivity index (χ4v) is 2.28. The molecule has 0 bridgehead atoms. The molecule has 0 spiro atoms. The van der Waals surface area contributed by atoms with Gasteiger partial charge >= 0.3 is 0 Å². The first-order valence-electron chi connectivity index (χ1n) is 6.14. The Balaban J connectivity index is 2.27. The van der Waals surface area contributed by atoms with E-state index < -0.39 is 0 Å². The third-order valence-corrected chi connectivity index (χ3v) is 3.12. The standard InChI is InChI=1S/C12H21N3/c1-3-5-8-15-11-6-7-13-9-10(11)14-12(15)4-2/h13H,3-9H2,1-2H3. The van der Waals surface area contributed by atoms with Gasteiger partial charge < -0.3 is 9.88 Å². The van der Waals surface area contributed by atoms with E-state index in [1.54, 1.807) is 0 Å². The largest absolute Gasteiger partial charge is 0.332 e. The van der Waals surface area contributed by atoms with Crippen molar-refractivity contribution >= 4 is 0 Å². The van der Waals surface area contributed by atoms with Gasteiger partial charge in [0.15, 0.2) is 0 Å². The molecule has 0 radical (unpaired) electrons. The van der Waals surface area contributed by atoms with Crippen molar-refractivity contribution in [3.8, 4) is 0 Å². The Morgan fingerprint density at radius 1 is 1.40 bits per heavy atom. The lowest BCUT2D eigenvalue weighted by Crippen LogP contribution is -2.25. The van der Waals surface area contributed by atoms with Gasteiger partial charge in [-0.3, -0.25) is 0 Å². The summed E-state index contributed by atoms with van der Waals surface area (Å²) in [5.74, 6) is 1.28. The normalized spacial score (nSPS) is 15.3. The maximum absolute atomic E-state index is 4.72. The first kappa shape index (κ1) is 10.7. The number of rotatable bonds is 4. The second-order valence-electron chi connectivity index (χ2n) is 4.21. The third kappa shape index (κ3) is 2.07. The summed E-state index contributed by atoms with van der Waals surface area (Å²) in [7, 11) is 0. The van der Waals surface area contributed by atoms with Crippen LogP contribution in [-0.4, -0.2) is 16.1 Å². The molecule has 0 aromatic carbocycles. The molecule has 84 valence electrons. The zero-order valence-corrected chi connectivity index (χ0v) is 9.84. The van der Waals surface area contributed by atoms with Gasteiger partial charge in [-0.25, -0.2) is 4.98 Å². The summed E-state index contributed by atoms with van der Waals surface area (Å²) in [4.78, 5) is 4.72. The highest BCUT2D eigenvalue weighted by Gasteiger charge is 2.17. The van der Waals surface area contributed by atoms with Crippen molar-refractivity contribution in [3.05, 3.63) is 17.2 Å². The molecule has 0 amide bonds. The van der Waals surface area contributed by atoms with E-state index in [1.165, 1.54) is 30.1 Å². The van der Waals surface area contributed by atoms with Crippen LogP contribution < -0.4 is 5.32 Å². The SMILES string of the molecule is CCCCn1c(CC)nc2c1CCNC2. The average molecular weight is 207 g/mol. The van der Waals surface area contributed by atoms with Gasteiger partial charge in [0.05, 0.1) is 5.69 Å². The molecule has 2 rings (SSSR count). The predicted molar refractivity (Wildman–Crippen MR) is 61.9 cm³/mol. The summed E-state index contributed by atoms with van der Waals surface area (Å²) >= 11 is 0.